The molecule has 0 spiro atoms. The second-order valence-corrected chi connectivity index (χ2v) is 9.04. The maximum absolute atomic E-state index is 14.7. The molecule has 1 aromatic rings. The molecule has 0 saturated carbocycles. The highest BCUT2D eigenvalue weighted by Gasteiger charge is 2.53. The van der Waals surface area contributed by atoms with Crippen LogP contribution in [0.5, 0.6) is 0 Å². The average molecular weight is 408 g/mol. The number of amides is 1. The van der Waals surface area contributed by atoms with E-state index in [4.69, 9.17) is 14.0 Å². The Balaban J connectivity index is 2.04. The number of hydrogen-bond acceptors (Lipinski definition) is 5. The smallest absolute Gasteiger partial charge is 0.444 e. The van der Waals surface area contributed by atoms with Gasteiger partial charge in [0.1, 0.15) is 11.3 Å². The molecule has 1 amide bonds. The number of nitrogens with one attached hydrogen (secondary N) is 1. The SMILES string of the molecule is CC(C)(C)OC(=O)NCCn1cc(C=C(F)B2OC(C)(C)C(C)(C)O2)ccc1=O. The molecule has 1 fully saturated rings. The summed E-state index contributed by atoms with van der Waals surface area (Å²) in [5.74, 6) is 0. The number of halogens is 1. The Morgan fingerprint density at radius 3 is 2.38 bits per heavy atom. The molecule has 7 nitrogen and oxygen atoms in total. The normalized spacial score (nSPS) is 18.6. The number of rotatable bonds is 5. The predicted octanol–water partition coefficient (Wildman–Crippen LogP) is 3.31. The Kier molecular flexibility index (Phi) is 6.64. The second-order valence-electron chi connectivity index (χ2n) is 9.04. The number of ether oxygens (including phenoxy) is 1. The zero-order valence-electron chi connectivity index (χ0n) is 18.2. The minimum Gasteiger partial charge on any atom is -0.444 e. The lowest BCUT2D eigenvalue weighted by molar-refractivity contribution is 0.00578. The van der Waals surface area contributed by atoms with Gasteiger partial charge >= 0.3 is 13.2 Å². The summed E-state index contributed by atoms with van der Waals surface area (Å²) < 4.78 is 32.6. The lowest BCUT2D eigenvalue weighted by Gasteiger charge is -2.32. The molecule has 160 valence electrons. The molecular weight excluding hydrogens is 378 g/mol. The third kappa shape index (κ3) is 6.17. The zero-order chi connectivity index (χ0) is 22.0. The van der Waals surface area contributed by atoms with E-state index in [1.54, 1.807) is 20.8 Å². The highest BCUT2D eigenvalue weighted by atomic mass is 19.1. The van der Waals surface area contributed by atoms with Crippen molar-refractivity contribution in [1.82, 2.24) is 9.88 Å². The minimum absolute atomic E-state index is 0.196. The fraction of sp³-hybridized carbons (Fsp3) is 0.600. The molecule has 0 radical (unpaired) electrons. The number of nitrogens with zero attached hydrogens (tertiary/aromatic N) is 1. The Labute approximate surface area is 171 Å². The van der Waals surface area contributed by atoms with Crippen LogP contribution in [0.25, 0.3) is 6.08 Å². The number of pyridine rings is 1. The molecule has 0 aliphatic carbocycles. The van der Waals surface area contributed by atoms with Gasteiger partial charge in [-0.25, -0.2) is 9.18 Å². The van der Waals surface area contributed by atoms with Gasteiger partial charge in [0.2, 0.25) is 0 Å². The van der Waals surface area contributed by atoms with Gasteiger partial charge in [-0.15, -0.1) is 0 Å². The highest BCUT2D eigenvalue weighted by molar-refractivity contribution is 6.54. The third-order valence-corrected chi connectivity index (χ3v) is 4.81. The van der Waals surface area contributed by atoms with Crippen molar-refractivity contribution in [3.8, 4) is 0 Å². The molecule has 0 bridgehead atoms. The molecule has 1 N–H and O–H groups in total. The first-order valence-electron chi connectivity index (χ1n) is 9.60. The van der Waals surface area contributed by atoms with Gasteiger partial charge in [0.15, 0.2) is 0 Å². The van der Waals surface area contributed by atoms with Gasteiger partial charge in [-0.05, 0) is 66.2 Å². The molecule has 9 heteroatoms. The van der Waals surface area contributed by atoms with E-state index in [0.717, 1.165) is 0 Å². The first kappa shape index (κ1) is 23.2. The number of alkyl carbamates (subject to hydrolysis) is 1. The van der Waals surface area contributed by atoms with Gasteiger partial charge in [0.05, 0.1) is 11.2 Å². The summed E-state index contributed by atoms with van der Waals surface area (Å²) >= 11 is 0. The quantitative estimate of drug-likeness (QED) is 0.757. The van der Waals surface area contributed by atoms with E-state index in [1.165, 1.54) is 29.0 Å². The summed E-state index contributed by atoms with van der Waals surface area (Å²) in [7, 11) is -1.10. The van der Waals surface area contributed by atoms with Gasteiger partial charge in [-0.1, -0.05) is 0 Å². The molecule has 1 saturated heterocycles. The molecule has 1 aliphatic rings. The van der Waals surface area contributed by atoms with E-state index in [-0.39, 0.29) is 18.6 Å². The Morgan fingerprint density at radius 1 is 1.24 bits per heavy atom. The van der Waals surface area contributed by atoms with Gasteiger partial charge in [0.25, 0.3) is 5.56 Å². The van der Waals surface area contributed by atoms with E-state index < -0.39 is 35.7 Å². The lowest BCUT2D eigenvalue weighted by atomic mass is 9.87. The topological polar surface area (TPSA) is 78.8 Å². The number of carbonyl (C=O) groups excluding carboxylic acids is 1. The minimum atomic E-state index is -1.10. The molecule has 1 aromatic heterocycles. The van der Waals surface area contributed by atoms with Gasteiger partial charge in [-0.2, -0.15) is 0 Å². The van der Waals surface area contributed by atoms with Crippen molar-refractivity contribution in [2.24, 2.45) is 0 Å². The molecule has 1 aliphatic heterocycles. The zero-order valence-corrected chi connectivity index (χ0v) is 18.2. The van der Waals surface area contributed by atoms with Crippen molar-refractivity contribution in [2.75, 3.05) is 6.54 Å². The number of carbonyl (C=O) groups is 1. The van der Waals surface area contributed by atoms with E-state index in [2.05, 4.69) is 5.32 Å². The van der Waals surface area contributed by atoms with E-state index in [0.29, 0.717) is 5.56 Å². The molecule has 0 unspecified atom stereocenters. The van der Waals surface area contributed by atoms with E-state index >= 15 is 0 Å². The van der Waals surface area contributed by atoms with Crippen LogP contribution in [0.4, 0.5) is 9.18 Å². The Bertz CT molecular complexity index is 826. The van der Waals surface area contributed by atoms with Gasteiger partial charge < -0.3 is 23.9 Å². The van der Waals surface area contributed by atoms with Crippen molar-refractivity contribution in [1.29, 1.82) is 0 Å². The third-order valence-electron chi connectivity index (χ3n) is 4.81. The van der Waals surface area contributed by atoms with Crippen LogP contribution in [0.1, 0.15) is 54.0 Å². The molecule has 0 atom stereocenters. The van der Waals surface area contributed by atoms with Crippen molar-refractivity contribution in [3.63, 3.8) is 0 Å². The molecule has 29 heavy (non-hydrogen) atoms. The summed E-state index contributed by atoms with van der Waals surface area (Å²) in [6.45, 7) is 13.1. The standard InChI is InChI=1S/C20H30BFN2O5/c1-18(2,3)27-17(26)23-10-11-24-13-14(8-9-16(24)25)12-15(22)21-28-19(4,5)20(6,7)29-21/h8-9,12-13H,10-11H2,1-7H3,(H,23,26). The fourth-order valence-electron chi connectivity index (χ4n) is 2.59. The fourth-order valence-corrected chi connectivity index (χ4v) is 2.59. The van der Waals surface area contributed by atoms with Crippen molar-refractivity contribution in [2.45, 2.75) is 71.8 Å². The first-order chi connectivity index (χ1) is 13.2. The first-order valence-corrected chi connectivity index (χ1v) is 9.60. The van der Waals surface area contributed by atoms with Gasteiger partial charge in [0, 0.05) is 25.4 Å². The van der Waals surface area contributed by atoms with Crippen LogP contribution in [0.2, 0.25) is 0 Å². The molecule has 0 aromatic carbocycles. The Hall–Kier alpha value is -2.13. The van der Waals surface area contributed by atoms with E-state index in [9.17, 15) is 14.0 Å². The Morgan fingerprint density at radius 2 is 1.83 bits per heavy atom. The van der Waals surface area contributed by atoms with Crippen molar-refractivity contribution in [3.05, 3.63) is 40.0 Å². The predicted molar refractivity (Wildman–Crippen MR) is 110 cm³/mol. The molecular formula is C20H30BFN2O5. The maximum atomic E-state index is 14.7. The van der Waals surface area contributed by atoms with Crippen molar-refractivity contribution >= 4 is 19.3 Å². The highest BCUT2D eigenvalue weighted by Crippen LogP contribution is 2.39. The lowest BCUT2D eigenvalue weighted by Crippen LogP contribution is -2.41. The van der Waals surface area contributed by atoms with E-state index in [1.807, 2.05) is 27.7 Å². The summed E-state index contributed by atoms with van der Waals surface area (Å²) in [4.78, 5) is 23.7. The van der Waals surface area contributed by atoms with Crippen LogP contribution in [0, 0.1) is 0 Å². The van der Waals surface area contributed by atoms with Gasteiger partial charge in [-0.3, -0.25) is 4.79 Å². The van der Waals surface area contributed by atoms with Crippen LogP contribution in [0.15, 0.2) is 28.9 Å². The van der Waals surface area contributed by atoms with Crippen LogP contribution < -0.4 is 10.9 Å². The summed E-state index contributed by atoms with van der Waals surface area (Å²) in [6, 6.07) is 2.86. The molecule has 2 heterocycles. The maximum Gasteiger partial charge on any atom is 0.525 e. The van der Waals surface area contributed by atoms with Crippen molar-refractivity contribution < 1.29 is 23.2 Å². The van der Waals surface area contributed by atoms with Crippen LogP contribution >= 0.6 is 0 Å². The summed E-state index contributed by atoms with van der Waals surface area (Å²) in [6.07, 6.45) is 2.23. The van der Waals surface area contributed by atoms with Crippen LogP contribution in [-0.2, 0) is 20.6 Å². The van der Waals surface area contributed by atoms with Crippen LogP contribution in [0.3, 0.4) is 0 Å². The van der Waals surface area contributed by atoms with Crippen LogP contribution in [-0.4, -0.2) is 41.1 Å². The summed E-state index contributed by atoms with van der Waals surface area (Å²) in [5, 5.41) is 2.59. The second kappa shape index (κ2) is 8.32. The number of aromatic nitrogens is 1. The monoisotopic (exact) mass is 408 g/mol. The largest absolute Gasteiger partial charge is 0.525 e. The molecule has 2 rings (SSSR count). The number of hydrogen-bond donors (Lipinski definition) is 1. The summed E-state index contributed by atoms with van der Waals surface area (Å²) in [5.41, 5.74) is -2.25. The average Bonchev–Trinajstić information content (AvgIpc) is 2.77.